The maximum absolute atomic E-state index is 3.94. The van der Waals surface area contributed by atoms with Crippen molar-refractivity contribution in [3.05, 3.63) is 0 Å². The van der Waals surface area contributed by atoms with Crippen LogP contribution in [-0.2, 0) is 0 Å². The highest BCUT2D eigenvalue weighted by molar-refractivity contribution is 5.01. The largest absolute Gasteiger partial charge is 0.308 e. The average molecular weight is 278 g/mol. The van der Waals surface area contributed by atoms with Gasteiger partial charge in [0.2, 0.25) is 0 Å². The molecule has 0 radical (unpaired) electrons. The topological polar surface area (TPSA) is 15.3 Å². The predicted molar refractivity (Wildman–Crippen MR) is 86.0 cm³/mol. The molecule has 116 valence electrons. The Balaban J connectivity index is 1.59. The summed E-state index contributed by atoms with van der Waals surface area (Å²) in [5.74, 6) is 1.82. The SMILES string of the molecule is CC(C)C1CNC2(CCCC2)CN1CCC1CCCC1. The van der Waals surface area contributed by atoms with Crippen molar-refractivity contribution >= 4 is 0 Å². The second kappa shape index (κ2) is 6.36. The second-order valence-corrected chi connectivity index (χ2v) is 8.09. The van der Waals surface area contributed by atoms with Gasteiger partial charge in [0.1, 0.15) is 0 Å². The number of rotatable bonds is 4. The fraction of sp³-hybridized carbons (Fsp3) is 1.00. The number of nitrogens with one attached hydrogen (secondary N) is 1. The molecule has 1 unspecified atom stereocenters. The molecule has 1 spiro atoms. The van der Waals surface area contributed by atoms with Crippen molar-refractivity contribution in [1.82, 2.24) is 10.2 Å². The molecule has 1 aliphatic heterocycles. The molecule has 0 aromatic rings. The van der Waals surface area contributed by atoms with Crippen molar-refractivity contribution in [3.63, 3.8) is 0 Å². The summed E-state index contributed by atoms with van der Waals surface area (Å²) in [5, 5.41) is 3.94. The molecule has 1 N–H and O–H groups in total. The highest BCUT2D eigenvalue weighted by Gasteiger charge is 2.41. The maximum Gasteiger partial charge on any atom is 0.0309 e. The van der Waals surface area contributed by atoms with Gasteiger partial charge in [0, 0.05) is 24.7 Å². The highest BCUT2D eigenvalue weighted by atomic mass is 15.3. The van der Waals surface area contributed by atoms with Crippen LogP contribution in [0.3, 0.4) is 0 Å². The average Bonchev–Trinajstić information content (AvgIpc) is 3.08. The van der Waals surface area contributed by atoms with E-state index in [2.05, 4.69) is 24.1 Å². The van der Waals surface area contributed by atoms with Gasteiger partial charge >= 0.3 is 0 Å². The third kappa shape index (κ3) is 3.22. The Bertz CT molecular complexity index is 301. The first-order valence-corrected chi connectivity index (χ1v) is 9.18. The van der Waals surface area contributed by atoms with Crippen LogP contribution in [0.15, 0.2) is 0 Å². The zero-order valence-corrected chi connectivity index (χ0v) is 13.7. The van der Waals surface area contributed by atoms with E-state index in [0.717, 1.165) is 17.9 Å². The van der Waals surface area contributed by atoms with E-state index in [1.807, 2.05) is 0 Å². The van der Waals surface area contributed by atoms with Gasteiger partial charge in [-0.05, 0) is 37.6 Å². The highest BCUT2D eigenvalue weighted by Crippen LogP contribution is 2.35. The minimum absolute atomic E-state index is 0.487. The van der Waals surface area contributed by atoms with E-state index in [1.54, 1.807) is 0 Å². The first-order chi connectivity index (χ1) is 9.69. The molecule has 0 amide bonds. The standard InChI is InChI=1S/C18H34N2/c1-15(2)17-13-19-18(10-5-6-11-18)14-20(17)12-9-16-7-3-4-8-16/h15-17,19H,3-14H2,1-2H3. The van der Waals surface area contributed by atoms with Crippen molar-refractivity contribution in [3.8, 4) is 0 Å². The normalized spacial score (nSPS) is 31.6. The van der Waals surface area contributed by atoms with Crippen LogP contribution in [0, 0.1) is 11.8 Å². The van der Waals surface area contributed by atoms with Crippen LogP contribution in [-0.4, -0.2) is 36.1 Å². The molecule has 0 bridgehead atoms. The summed E-state index contributed by atoms with van der Waals surface area (Å²) < 4.78 is 0. The first-order valence-electron chi connectivity index (χ1n) is 9.18. The minimum atomic E-state index is 0.487. The Kier molecular flexibility index (Phi) is 4.72. The molecule has 3 aliphatic rings. The summed E-state index contributed by atoms with van der Waals surface area (Å²) in [6, 6.07) is 0.766. The van der Waals surface area contributed by atoms with Gasteiger partial charge in [-0.3, -0.25) is 4.90 Å². The Morgan fingerprint density at radius 1 is 1.10 bits per heavy atom. The number of piperazine rings is 1. The van der Waals surface area contributed by atoms with Crippen LogP contribution >= 0.6 is 0 Å². The van der Waals surface area contributed by atoms with Gasteiger partial charge in [-0.15, -0.1) is 0 Å². The monoisotopic (exact) mass is 278 g/mol. The summed E-state index contributed by atoms with van der Waals surface area (Å²) in [4.78, 5) is 2.87. The van der Waals surface area contributed by atoms with E-state index in [4.69, 9.17) is 0 Å². The fourth-order valence-corrected chi connectivity index (χ4v) is 4.95. The summed E-state index contributed by atoms with van der Waals surface area (Å²) in [7, 11) is 0. The van der Waals surface area contributed by atoms with Crippen molar-refractivity contribution < 1.29 is 0 Å². The molecule has 2 nitrogen and oxygen atoms in total. The lowest BCUT2D eigenvalue weighted by molar-refractivity contribution is 0.0526. The third-order valence-electron chi connectivity index (χ3n) is 6.29. The zero-order valence-electron chi connectivity index (χ0n) is 13.7. The van der Waals surface area contributed by atoms with Gasteiger partial charge in [0.05, 0.1) is 0 Å². The van der Waals surface area contributed by atoms with Crippen LogP contribution in [0.5, 0.6) is 0 Å². The molecule has 1 heterocycles. The van der Waals surface area contributed by atoms with E-state index in [-0.39, 0.29) is 0 Å². The van der Waals surface area contributed by atoms with Crippen LogP contribution in [0.4, 0.5) is 0 Å². The van der Waals surface area contributed by atoms with Crippen molar-refractivity contribution in [2.45, 2.75) is 83.2 Å². The lowest BCUT2D eigenvalue weighted by Crippen LogP contribution is -2.64. The van der Waals surface area contributed by atoms with Gasteiger partial charge in [-0.25, -0.2) is 0 Å². The van der Waals surface area contributed by atoms with Gasteiger partial charge in [-0.1, -0.05) is 52.4 Å². The molecular formula is C18H34N2. The van der Waals surface area contributed by atoms with E-state index in [9.17, 15) is 0 Å². The Morgan fingerprint density at radius 3 is 2.45 bits per heavy atom. The quantitative estimate of drug-likeness (QED) is 0.841. The number of hydrogen-bond acceptors (Lipinski definition) is 2. The van der Waals surface area contributed by atoms with Gasteiger partial charge in [0.25, 0.3) is 0 Å². The third-order valence-corrected chi connectivity index (χ3v) is 6.29. The predicted octanol–water partition coefficient (Wildman–Crippen LogP) is 3.81. The maximum atomic E-state index is 3.94. The number of hydrogen-bond donors (Lipinski definition) is 1. The zero-order chi connectivity index (χ0) is 14.0. The summed E-state index contributed by atoms with van der Waals surface area (Å²) in [6.07, 6.45) is 13.2. The van der Waals surface area contributed by atoms with Crippen molar-refractivity contribution in [1.29, 1.82) is 0 Å². The Morgan fingerprint density at radius 2 is 1.80 bits per heavy atom. The smallest absolute Gasteiger partial charge is 0.0309 e. The molecule has 2 saturated carbocycles. The van der Waals surface area contributed by atoms with E-state index >= 15 is 0 Å². The molecule has 2 aliphatic carbocycles. The van der Waals surface area contributed by atoms with Gasteiger partial charge < -0.3 is 5.32 Å². The molecule has 3 rings (SSSR count). The molecule has 1 atom stereocenters. The number of nitrogens with zero attached hydrogens (tertiary/aromatic N) is 1. The molecule has 1 saturated heterocycles. The van der Waals surface area contributed by atoms with E-state index < -0.39 is 0 Å². The van der Waals surface area contributed by atoms with Crippen molar-refractivity contribution in [2.75, 3.05) is 19.6 Å². The first kappa shape index (κ1) is 14.8. The Hall–Kier alpha value is -0.0800. The van der Waals surface area contributed by atoms with Gasteiger partial charge in [0.15, 0.2) is 0 Å². The van der Waals surface area contributed by atoms with Crippen LogP contribution in [0.1, 0.15) is 71.6 Å². The van der Waals surface area contributed by atoms with E-state index in [0.29, 0.717) is 5.54 Å². The Labute approximate surface area is 125 Å². The molecule has 20 heavy (non-hydrogen) atoms. The summed E-state index contributed by atoms with van der Waals surface area (Å²) in [6.45, 7) is 8.71. The molecule has 2 heteroatoms. The van der Waals surface area contributed by atoms with Crippen molar-refractivity contribution in [2.24, 2.45) is 11.8 Å². The van der Waals surface area contributed by atoms with Crippen LogP contribution in [0.25, 0.3) is 0 Å². The lowest BCUT2D eigenvalue weighted by Gasteiger charge is -2.48. The molecule has 3 fully saturated rings. The summed E-state index contributed by atoms with van der Waals surface area (Å²) >= 11 is 0. The molecule has 0 aromatic heterocycles. The van der Waals surface area contributed by atoms with Gasteiger partial charge in [-0.2, -0.15) is 0 Å². The molecular weight excluding hydrogens is 244 g/mol. The van der Waals surface area contributed by atoms with Crippen LogP contribution in [0.2, 0.25) is 0 Å². The van der Waals surface area contributed by atoms with Crippen LogP contribution < -0.4 is 5.32 Å². The lowest BCUT2D eigenvalue weighted by atomic mass is 9.88. The van der Waals surface area contributed by atoms with E-state index in [1.165, 1.54) is 77.4 Å². The fourth-order valence-electron chi connectivity index (χ4n) is 4.95. The second-order valence-electron chi connectivity index (χ2n) is 8.09. The minimum Gasteiger partial charge on any atom is -0.308 e. The molecule has 0 aromatic carbocycles. The summed E-state index contributed by atoms with van der Waals surface area (Å²) in [5.41, 5.74) is 0.487.